The van der Waals surface area contributed by atoms with E-state index in [9.17, 15) is 4.79 Å². The average Bonchev–Trinajstić information content (AvgIpc) is 2.84. The van der Waals surface area contributed by atoms with Crippen LogP contribution in [0.25, 0.3) is 0 Å². The van der Waals surface area contributed by atoms with E-state index in [1.54, 1.807) is 11.8 Å². The van der Waals surface area contributed by atoms with Crippen molar-refractivity contribution in [2.45, 2.75) is 17.1 Å². The molecule has 2 atom stereocenters. The van der Waals surface area contributed by atoms with Crippen molar-refractivity contribution in [1.29, 1.82) is 0 Å². The van der Waals surface area contributed by atoms with Crippen LogP contribution in [0.3, 0.4) is 0 Å². The molecule has 3 heteroatoms. The van der Waals surface area contributed by atoms with E-state index in [2.05, 4.69) is 31.2 Å². The number of rotatable bonds is 1. The second-order valence-corrected chi connectivity index (χ2v) is 7.93. The minimum atomic E-state index is -0.245. The maximum atomic E-state index is 13.3. The predicted octanol–water partition coefficient (Wildman–Crippen LogP) is 5.78. The Morgan fingerprint density at radius 2 is 1.54 bits per heavy atom. The van der Waals surface area contributed by atoms with Gasteiger partial charge in [-0.2, -0.15) is 0 Å². The summed E-state index contributed by atoms with van der Waals surface area (Å²) in [4.78, 5) is 19.4. The third-order valence-corrected chi connectivity index (χ3v) is 6.58. The fourth-order valence-corrected chi connectivity index (χ4v) is 5.37. The Hall–Kier alpha value is -2.65. The molecule has 5 rings (SSSR count). The Bertz CT molecular complexity index is 1070. The van der Waals surface area contributed by atoms with Crippen molar-refractivity contribution < 1.29 is 4.79 Å². The molecule has 1 aliphatic carbocycles. The Morgan fingerprint density at radius 1 is 0.846 bits per heavy atom. The van der Waals surface area contributed by atoms with Gasteiger partial charge in [-0.3, -0.25) is 9.79 Å². The Balaban J connectivity index is 1.78. The first-order valence-corrected chi connectivity index (χ1v) is 9.65. The number of ketones is 1. The number of carbonyl (C=O) groups is 1. The number of thioether (sulfide) groups is 1. The zero-order valence-corrected chi connectivity index (χ0v) is 15.2. The van der Waals surface area contributed by atoms with Crippen LogP contribution < -0.4 is 0 Å². The zero-order chi connectivity index (χ0) is 17.7. The number of hydrogen-bond donors (Lipinski definition) is 0. The summed E-state index contributed by atoms with van der Waals surface area (Å²) in [6.07, 6.45) is 0. The molecule has 0 saturated carbocycles. The van der Waals surface area contributed by atoms with Crippen LogP contribution in [0.15, 0.2) is 82.7 Å². The third kappa shape index (κ3) is 2.27. The van der Waals surface area contributed by atoms with Gasteiger partial charge < -0.3 is 0 Å². The molecule has 2 aliphatic rings. The lowest BCUT2D eigenvalue weighted by Gasteiger charge is -2.23. The summed E-state index contributed by atoms with van der Waals surface area (Å²) in [6, 6.07) is 24.5. The van der Waals surface area contributed by atoms with Crippen molar-refractivity contribution in [2.24, 2.45) is 10.9 Å². The SMILES string of the molecule is Cc1ccccc1C1Sc2ccccc2N=C2c3ccccc3C(=O)C21. The molecule has 3 aromatic rings. The number of nitrogens with zero attached hydrogens (tertiary/aromatic N) is 1. The number of Topliss-reactive ketones (excluding diaryl/α,β-unsaturated/α-hetero) is 1. The third-order valence-electron chi connectivity index (χ3n) is 5.20. The van der Waals surface area contributed by atoms with Gasteiger partial charge in [0.2, 0.25) is 0 Å². The molecule has 26 heavy (non-hydrogen) atoms. The van der Waals surface area contributed by atoms with Crippen molar-refractivity contribution in [2.75, 3.05) is 0 Å². The number of aryl methyl sites for hydroxylation is 1. The molecule has 126 valence electrons. The number of benzene rings is 3. The van der Waals surface area contributed by atoms with Gasteiger partial charge in [-0.1, -0.05) is 60.7 Å². The number of para-hydroxylation sites is 1. The molecule has 0 saturated heterocycles. The minimum Gasteiger partial charge on any atom is -0.293 e. The van der Waals surface area contributed by atoms with E-state index in [-0.39, 0.29) is 17.0 Å². The molecular weight excluding hydrogens is 338 g/mol. The van der Waals surface area contributed by atoms with Crippen LogP contribution >= 0.6 is 11.8 Å². The molecule has 3 aromatic carbocycles. The van der Waals surface area contributed by atoms with Gasteiger partial charge in [-0.25, -0.2) is 0 Å². The van der Waals surface area contributed by atoms with Crippen LogP contribution in [0.1, 0.15) is 32.3 Å². The van der Waals surface area contributed by atoms with Gasteiger partial charge in [-0.15, -0.1) is 11.8 Å². The lowest BCUT2D eigenvalue weighted by molar-refractivity contribution is 0.0960. The number of hydrogen-bond acceptors (Lipinski definition) is 3. The number of fused-ring (bicyclic) bond motifs is 4. The van der Waals surface area contributed by atoms with Gasteiger partial charge in [-0.05, 0) is 30.2 Å². The maximum absolute atomic E-state index is 13.3. The first-order valence-electron chi connectivity index (χ1n) is 8.77. The second-order valence-electron chi connectivity index (χ2n) is 6.75. The van der Waals surface area contributed by atoms with Crippen LogP contribution in [-0.4, -0.2) is 11.5 Å². The summed E-state index contributed by atoms with van der Waals surface area (Å²) >= 11 is 1.76. The summed E-state index contributed by atoms with van der Waals surface area (Å²) in [6.45, 7) is 2.12. The van der Waals surface area contributed by atoms with E-state index in [4.69, 9.17) is 4.99 Å². The molecule has 2 unspecified atom stereocenters. The fourth-order valence-electron chi connectivity index (χ4n) is 3.92. The fraction of sp³-hybridized carbons (Fsp3) is 0.130. The van der Waals surface area contributed by atoms with Crippen molar-refractivity contribution in [3.8, 4) is 0 Å². The smallest absolute Gasteiger partial charge is 0.174 e. The van der Waals surface area contributed by atoms with Crippen LogP contribution in [0.2, 0.25) is 0 Å². The Kier molecular flexibility index (Phi) is 3.57. The first kappa shape index (κ1) is 15.6. The van der Waals surface area contributed by atoms with Gasteiger partial charge in [0.25, 0.3) is 0 Å². The van der Waals surface area contributed by atoms with Gasteiger partial charge >= 0.3 is 0 Å². The summed E-state index contributed by atoms with van der Waals surface area (Å²) in [5, 5.41) is 0.0264. The summed E-state index contributed by atoms with van der Waals surface area (Å²) < 4.78 is 0. The zero-order valence-electron chi connectivity index (χ0n) is 14.3. The molecule has 0 radical (unpaired) electrons. The molecule has 0 bridgehead atoms. The average molecular weight is 355 g/mol. The van der Waals surface area contributed by atoms with Crippen molar-refractivity contribution >= 4 is 28.9 Å². The summed E-state index contributed by atoms with van der Waals surface area (Å²) in [7, 11) is 0. The van der Waals surface area contributed by atoms with Gasteiger partial charge in [0.05, 0.1) is 22.6 Å². The highest BCUT2D eigenvalue weighted by atomic mass is 32.2. The predicted molar refractivity (Wildman–Crippen MR) is 107 cm³/mol. The highest BCUT2D eigenvalue weighted by Gasteiger charge is 2.44. The minimum absolute atomic E-state index is 0.0264. The van der Waals surface area contributed by atoms with Gasteiger partial charge in [0.1, 0.15) is 0 Å². The molecule has 0 aromatic heterocycles. The van der Waals surface area contributed by atoms with Crippen molar-refractivity contribution in [3.05, 3.63) is 95.1 Å². The highest BCUT2D eigenvalue weighted by Crippen LogP contribution is 2.51. The van der Waals surface area contributed by atoms with Crippen LogP contribution in [0.5, 0.6) is 0 Å². The van der Waals surface area contributed by atoms with E-state index < -0.39 is 0 Å². The van der Waals surface area contributed by atoms with E-state index in [0.717, 1.165) is 27.4 Å². The van der Waals surface area contributed by atoms with Crippen LogP contribution in [0, 0.1) is 12.8 Å². The van der Waals surface area contributed by atoms with E-state index in [1.807, 2.05) is 48.5 Å². The Labute approximate surface area is 157 Å². The monoisotopic (exact) mass is 355 g/mol. The molecule has 0 amide bonds. The molecule has 1 heterocycles. The molecule has 2 nitrogen and oxygen atoms in total. The molecular formula is C23H17NOS. The maximum Gasteiger partial charge on any atom is 0.174 e. The molecule has 0 fully saturated rings. The van der Waals surface area contributed by atoms with E-state index >= 15 is 0 Å². The van der Waals surface area contributed by atoms with Crippen molar-refractivity contribution in [1.82, 2.24) is 0 Å². The number of carbonyl (C=O) groups excluding carboxylic acids is 1. The van der Waals surface area contributed by atoms with Gasteiger partial charge in [0.15, 0.2) is 5.78 Å². The lowest BCUT2D eigenvalue weighted by atomic mass is 9.91. The largest absolute Gasteiger partial charge is 0.293 e. The first-order chi connectivity index (χ1) is 12.7. The van der Waals surface area contributed by atoms with Crippen LogP contribution in [-0.2, 0) is 0 Å². The second kappa shape index (κ2) is 5.96. The quantitative estimate of drug-likeness (QED) is 0.554. The normalized spacial score (nSPS) is 20.7. The van der Waals surface area contributed by atoms with E-state index in [1.165, 1.54) is 11.1 Å². The topological polar surface area (TPSA) is 29.4 Å². The standard InChI is InChI=1S/C23H17NOS/c1-14-8-2-3-9-15(14)23-20-21(16-10-4-5-11-17(16)22(20)25)24-18-12-6-7-13-19(18)26-23/h2-13,20,23H,1H3. The Morgan fingerprint density at radius 3 is 2.38 bits per heavy atom. The highest BCUT2D eigenvalue weighted by molar-refractivity contribution is 7.99. The van der Waals surface area contributed by atoms with Crippen LogP contribution in [0.4, 0.5) is 5.69 Å². The molecule has 0 spiro atoms. The summed E-state index contributed by atoms with van der Waals surface area (Å²) in [5.41, 5.74) is 6.09. The summed E-state index contributed by atoms with van der Waals surface area (Å²) in [5.74, 6) is -0.0567. The number of aliphatic imine (C=N–C) groups is 1. The molecule has 1 aliphatic heterocycles. The van der Waals surface area contributed by atoms with E-state index in [0.29, 0.717) is 0 Å². The van der Waals surface area contributed by atoms with Gasteiger partial charge in [0, 0.05) is 16.0 Å². The molecule has 0 N–H and O–H groups in total. The van der Waals surface area contributed by atoms with Crippen molar-refractivity contribution in [3.63, 3.8) is 0 Å². The lowest BCUT2D eigenvalue weighted by Crippen LogP contribution is -2.22.